The van der Waals surface area contributed by atoms with E-state index >= 15 is 0 Å². The van der Waals surface area contributed by atoms with Crippen molar-refractivity contribution < 1.29 is 18.3 Å². The molecule has 0 spiro atoms. The maximum absolute atomic E-state index is 12.1. The van der Waals surface area contributed by atoms with Crippen molar-refractivity contribution >= 4 is 11.7 Å². The van der Waals surface area contributed by atoms with E-state index < -0.39 is 6.61 Å². The van der Waals surface area contributed by atoms with Crippen LogP contribution in [0.1, 0.15) is 16.7 Å². The van der Waals surface area contributed by atoms with Gasteiger partial charge in [0.15, 0.2) is 0 Å². The molecule has 0 aliphatic heterocycles. The van der Waals surface area contributed by atoms with E-state index in [0.717, 1.165) is 22.4 Å². The van der Waals surface area contributed by atoms with Crippen LogP contribution >= 0.6 is 0 Å². The average Bonchev–Trinajstić information content (AvgIpc) is 2.45. The maximum Gasteiger partial charge on any atom is 0.387 e. The number of amides is 2. The second kappa shape index (κ2) is 7.58. The predicted octanol–water partition coefficient (Wildman–Crippen LogP) is 4.23. The summed E-state index contributed by atoms with van der Waals surface area (Å²) in [5, 5.41) is 5.46. The number of benzene rings is 2. The fourth-order valence-corrected chi connectivity index (χ4v) is 2.19. The number of alkyl halides is 2. The van der Waals surface area contributed by atoms with E-state index in [0.29, 0.717) is 0 Å². The van der Waals surface area contributed by atoms with Crippen LogP contribution in [-0.4, -0.2) is 12.6 Å². The molecule has 0 aromatic heterocycles. The van der Waals surface area contributed by atoms with Gasteiger partial charge in [-0.15, -0.1) is 0 Å². The van der Waals surface area contributed by atoms with E-state index in [1.165, 1.54) is 12.1 Å². The van der Waals surface area contributed by atoms with Crippen LogP contribution in [0.25, 0.3) is 0 Å². The van der Waals surface area contributed by atoms with Gasteiger partial charge >= 0.3 is 12.6 Å². The SMILES string of the molecule is Cc1cc(C)cc(NC(=O)NCc2ccc(OC(F)F)cc2)c1. The molecule has 6 heteroatoms. The Morgan fingerprint density at radius 1 is 1.09 bits per heavy atom. The summed E-state index contributed by atoms with van der Waals surface area (Å²) in [5.41, 5.74) is 3.63. The Hall–Kier alpha value is -2.63. The highest BCUT2D eigenvalue weighted by atomic mass is 19.3. The third kappa shape index (κ3) is 5.58. The van der Waals surface area contributed by atoms with Crippen LogP contribution in [0.2, 0.25) is 0 Å². The van der Waals surface area contributed by atoms with Crippen molar-refractivity contribution in [1.82, 2.24) is 5.32 Å². The van der Waals surface area contributed by atoms with Crippen molar-refractivity contribution in [3.8, 4) is 5.75 Å². The fraction of sp³-hybridized carbons (Fsp3) is 0.235. The van der Waals surface area contributed by atoms with Gasteiger partial charge in [-0.3, -0.25) is 0 Å². The predicted molar refractivity (Wildman–Crippen MR) is 84.8 cm³/mol. The maximum atomic E-state index is 12.1. The number of urea groups is 1. The molecule has 0 aliphatic carbocycles. The lowest BCUT2D eigenvalue weighted by Crippen LogP contribution is -2.28. The fourth-order valence-electron chi connectivity index (χ4n) is 2.19. The molecule has 2 aromatic carbocycles. The smallest absolute Gasteiger partial charge is 0.387 e. The summed E-state index contributed by atoms with van der Waals surface area (Å²) in [7, 11) is 0. The third-order valence-electron chi connectivity index (χ3n) is 3.08. The van der Waals surface area contributed by atoms with Gasteiger partial charge < -0.3 is 15.4 Å². The zero-order chi connectivity index (χ0) is 16.8. The quantitative estimate of drug-likeness (QED) is 0.866. The summed E-state index contributed by atoms with van der Waals surface area (Å²) in [6.07, 6.45) is 0. The normalized spacial score (nSPS) is 10.5. The molecule has 0 atom stereocenters. The van der Waals surface area contributed by atoms with Crippen molar-refractivity contribution in [3.63, 3.8) is 0 Å². The molecular formula is C17H18F2N2O2. The molecular weight excluding hydrogens is 302 g/mol. The minimum absolute atomic E-state index is 0.0865. The first-order chi connectivity index (χ1) is 10.9. The molecule has 122 valence electrons. The largest absolute Gasteiger partial charge is 0.435 e. The number of hydrogen-bond donors (Lipinski definition) is 2. The van der Waals surface area contributed by atoms with Crippen molar-refractivity contribution in [1.29, 1.82) is 0 Å². The Kier molecular flexibility index (Phi) is 5.51. The number of halogens is 2. The molecule has 0 saturated heterocycles. The number of hydrogen-bond acceptors (Lipinski definition) is 2. The third-order valence-corrected chi connectivity index (χ3v) is 3.08. The summed E-state index contributed by atoms with van der Waals surface area (Å²) in [4.78, 5) is 11.9. The molecule has 0 heterocycles. The summed E-state index contributed by atoms with van der Waals surface area (Å²) >= 11 is 0. The number of aryl methyl sites for hydroxylation is 2. The van der Waals surface area contributed by atoms with Crippen molar-refractivity contribution in [2.75, 3.05) is 5.32 Å². The topological polar surface area (TPSA) is 50.4 Å². The van der Waals surface area contributed by atoms with E-state index in [1.807, 2.05) is 32.0 Å². The lowest BCUT2D eigenvalue weighted by Gasteiger charge is -2.10. The molecule has 4 nitrogen and oxygen atoms in total. The Bertz CT molecular complexity index is 653. The number of nitrogens with one attached hydrogen (secondary N) is 2. The van der Waals surface area contributed by atoms with Gasteiger partial charge in [0, 0.05) is 12.2 Å². The van der Waals surface area contributed by atoms with Crippen LogP contribution in [0.3, 0.4) is 0 Å². The molecule has 0 radical (unpaired) electrons. The van der Waals surface area contributed by atoms with Gasteiger partial charge in [-0.1, -0.05) is 18.2 Å². The van der Waals surface area contributed by atoms with Crippen molar-refractivity contribution in [2.24, 2.45) is 0 Å². The van der Waals surface area contributed by atoms with Gasteiger partial charge in [0.25, 0.3) is 0 Å². The van der Waals surface area contributed by atoms with Crippen LogP contribution in [0.4, 0.5) is 19.3 Å². The minimum Gasteiger partial charge on any atom is -0.435 e. The molecule has 0 unspecified atom stereocenters. The first kappa shape index (κ1) is 16.7. The molecule has 0 bridgehead atoms. The van der Waals surface area contributed by atoms with Gasteiger partial charge in [0.05, 0.1) is 0 Å². The van der Waals surface area contributed by atoms with Crippen LogP contribution < -0.4 is 15.4 Å². The number of anilines is 1. The molecule has 2 amide bonds. The molecule has 23 heavy (non-hydrogen) atoms. The highest BCUT2D eigenvalue weighted by Crippen LogP contribution is 2.15. The van der Waals surface area contributed by atoms with Crippen LogP contribution in [0.5, 0.6) is 5.75 Å². The van der Waals surface area contributed by atoms with Gasteiger partial charge in [-0.05, 0) is 54.8 Å². The highest BCUT2D eigenvalue weighted by Gasteiger charge is 2.05. The summed E-state index contributed by atoms with van der Waals surface area (Å²) < 4.78 is 28.4. The molecule has 2 aromatic rings. The number of rotatable bonds is 5. The second-order valence-electron chi connectivity index (χ2n) is 5.21. The van der Waals surface area contributed by atoms with Crippen LogP contribution in [0, 0.1) is 13.8 Å². The Morgan fingerprint density at radius 2 is 1.70 bits per heavy atom. The first-order valence-electron chi connectivity index (χ1n) is 7.09. The van der Waals surface area contributed by atoms with E-state index in [9.17, 15) is 13.6 Å². The number of ether oxygens (including phenoxy) is 1. The summed E-state index contributed by atoms with van der Waals surface area (Å²) in [6.45, 7) is 1.35. The molecule has 0 aliphatic rings. The monoisotopic (exact) mass is 320 g/mol. The lowest BCUT2D eigenvalue weighted by atomic mass is 10.1. The van der Waals surface area contributed by atoms with E-state index in [4.69, 9.17) is 0 Å². The molecule has 0 saturated carbocycles. The standard InChI is InChI=1S/C17H18F2N2O2/c1-11-7-12(2)9-14(8-11)21-17(22)20-10-13-3-5-15(6-4-13)23-16(18)19/h3-9,16H,10H2,1-2H3,(H2,20,21,22). The number of carbonyl (C=O) groups excluding carboxylic acids is 1. The minimum atomic E-state index is -2.84. The van der Waals surface area contributed by atoms with Gasteiger partial charge in [-0.25, -0.2) is 4.79 Å². The molecule has 2 rings (SSSR count). The van der Waals surface area contributed by atoms with E-state index in [-0.39, 0.29) is 18.3 Å². The molecule has 2 N–H and O–H groups in total. The molecule has 0 fully saturated rings. The van der Waals surface area contributed by atoms with Crippen LogP contribution in [0.15, 0.2) is 42.5 Å². The van der Waals surface area contributed by atoms with E-state index in [2.05, 4.69) is 15.4 Å². The van der Waals surface area contributed by atoms with E-state index in [1.54, 1.807) is 12.1 Å². The number of carbonyl (C=O) groups is 1. The van der Waals surface area contributed by atoms with Gasteiger partial charge in [-0.2, -0.15) is 8.78 Å². The summed E-state index contributed by atoms with van der Waals surface area (Å²) in [6, 6.07) is 11.6. The zero-order valence-electron chi connectivity index (χ0n) is 12.9. The lowest BCUT2D eigenvalue weighted by molar-refractivity contribution is -0.0498. The van der Waals surface area contributed by atoms with Gasteiger partial charge in [0.2, 0.25) is 0 Å². The van der Waals surface area contributed by atoms with Crippen molar-refractivity contribution in [2.45, 2.75) is 27.0 Å². The Morgan fingerprint density at radius 3 is 2.26 bits per heavy atom. The summed E-state index contributed by atoms with van der Waals surface area (Å²) in [5.74, 6) is 0.0865. The zero-order valence-corrected chi connectivity index (χ0v) is 12.9. The average molecular weight is 320 g/mol. The van der Waals surface area contributed by atoms with Gasteiger partial charge in [0.1, 0.15) is 5.75 Å². The van der Waals surface area contributed by atoms with Crippen LogP contribution in [-0.2, 0) is 6.54 Å². The second-order valence-corrected chi connectivity index (χ2v) is 5.21. The Balaban J connectivity index is 1.86. The highest BCUT2D eigenvalue weighted by molar-refractivity contribution is 5.89. The Labute approximate surface area is 133 Å². The first-order valence-corrected chi connectivity index (χ1v) is 7.09. The van der Waals surface area contributed by atoms with Crippen molar-refractivity contribution in [3.05, 3.63) is 59.2 Å².